The van der Waals surface area contributed by atoms with Gasteiger partial charge in [-0.25, -0.2) is 4.98 Å². The topological polar surface area (TPSA) is 33.2 Å². The number of pyridine rings is 1. The van der Waals surface area contributed by atoms with Crippen LogP contribution in [0.2, 0.25) is 0 Å². The van der Waals surface area contributed by atoms with Crippen molar-refractivity contribution in [3.05, 3.63) is 35.9 Å². The lowest BCUT2D eigenvalue weighted by Crippen LogP contribution is -2.32. The third-order valence-electron chi connectivity index (χ3n) is 3.33. The van der Waals surface area contributed by atoms with Crippen molar-refractivity contribution < 1.29 is 4.79 Å². The minimum absolute atomic E-state index is 0.525. The molecule has 0 bridgehead atoms. The van der Waals surface area contributed by atoms with Crippen LogP contribution in [0, 0.1) is 11.8 Å². The quantitative estimate of drug-likeness (QED) is 0.747. The first-order chi connectivity index (χ1) is 10.0. The molecule has 21 heavy (non-hydrogen) atoms. The van der Waals surface area contributed by atoms with Crippen molar-refractivity contribution in [3.8, 4) is 0 Å². The van der Waals surface area contributed by atoms with E-state index < -0.39 is 0 Å². The molecule has 1 heterocycles. The summed E-state index contributed by atoms with van der Waals surface area (Å²) in [5, 5.41) is 1.01. The molecule has 0 saturated carbocycles. The van der Waals surface area contributed by atoms with Crippen LogP contribution in [-0.2, 0) is 0 Å². The van der Waals surface area contributed by atoms with E-state index in [2.05, 4.69) is 32.6 Å². The Kier molecular flexibility index (Phi) is 4.94. The van der Waals surface area contributed by atoms with E-state index in [4.69, 9.17) is 4.98 Å². The number of benzene rings is 1. The van der Waals surface area contributed by atoms with Gasteiger partial charge in [0, 0.05) is 18.5 Å². The number of fused-ring (bicyclic) bond motifs is 1. The Labute approximate surface area is 127 Å². The van der Waals surface area contributed by atoms with Gasteiger partial charge >= 0.3 is 0 Å². The molecule has 2 aromatic rings. The van der Waals surface area contributed by atoms with Crippen LogP contribution < -0.4 is 4.90 Å². The van der Waals surface area contributed by atoms with Gasteiger partial charge in [0.2, 0.25) is 0 Å². The number of carbonyl (C=O) groups excluding carboxylic acids is 1. The maximum absolute atomic E-state index is 11.5. The van der Waals surface area contributed by atoms with Gasteiger partial charge in [-0.05, 0) is 24.0 Å². The molecule has 1 aromatic carbocycles. The highest BCUT2D eigenvalue weighted by atomic mass is 16.1. The summed E-state index contributed by atoms with van der Waals surface area (Å²) in [5.41, 5.74) is 1.62. The van der Waals surface area contributed by atoms with Crippen molar-refractivity contribution >= 4 is 23.0 Å². The molecule has 0 fully saturated rings. The van der Waals surface area contributed by atoms with Gasteiger partial charge in [0.05, 0.1) is 11.1 Å². The van der Waals surface area contributed by atoms with Gasteiger partial charge in [-0.3, -0.25) is 4.79 Å². The number of aromatic nitrogens is 1. The lowest BCUT2D eigenvalue weighted by Gasteiger charge is -2.28. The van der Waals surface area contributed by atoms with Crippen molar-refractivity contribution in [2.45, 2.75) is 27.7 Å². The monoisotopic (exact) mass is 284 g/mol. The van der Waals surface area contributed by atoms with E-state index in [1.165, 1.54) is 0 Å². The van der Waals surface area contributed by atoms with Crippen LogP contribution in [0.3, 0.4) is 0 Å². The first-order valence-electron chi connectivity index (χ1n) is 7.61. The summed E-state index contributed by atoms with van der Waals surface area (Å²) in [5.74, 6) is 1.86. The predicted octanol–water partition coefficient (Wildman–Crippen LogP) is 4.17. The molecule has 0 aliphatic carbocycles. The molecule has 0 atom stereocenters. The molecule has 3 heteroatoms. The first kappa shape index (κ1) is 15.5. The maximum atomic E-state index is 11.5. The fourth-order valence-electron chi connectivity index (χ4n) is 2.59. The Balaban J connectivity index is 2.51. The van der Waals surface area contributed by atoms with Gasteiger partial charge in [0.25, 0.3) is 0 Å². The van der Waals surface area contributed by atoms with E-state index in [1.54, 1.807) is 0 Å². The predicted molar refractivity (Wildman–Crippen MR) is 89.0 cm³/mol. The number of carbonyl (C=O) groups is 1. The molecule has 0 N–H and O–H groups in total. The number of anilines is 1. The van der Waals surface area contributed by atoms with Crippen molar-refractivity contribution in [1.82, 2.24) is 4.98 Å². The molecular weight excluding hydrogens is 260 g/mol. The molecule has 2 rings (SSSR count). The average Bonchev–Trinajstić information content (AvgIpc) is 2.44. The third-order valence-corrected chi connectivity index (χ3v) is 3.33. The highest BCUT2D eigenvalue weighted by Gasteiger charge is 2.16. The summed E-state index contributed by atoms with van der Waals surface area (Å²) < 4.78 is 0. The lowest BCUT2D eigenvalue weighted by molar-refractivity contribution is 0.112. The fraction of sp³-hybridized carbons (Fsp3) is 0.444. The van der Waals surface area contributed by atoms with E-state index in [1.807, 2.05) is 30.3 Å². The summed E-state index contributed by atoms with van der Waals surface area (Å²) in [6, 6.07) is 9.89. The van der Waals surface area contributed by atoms with Crippen LogP contribution in [0.1, 0.15) is 38.1 Å². The number of nitrogens with zero attached hydrogens (tertiary/aromatic N) is 2. The normalized spacial score (nSPS) is 11.3. The Morgan fingerprint density at radius 2 is 1.71 bits per heavy atom. The van der Waals surface area contributed by atoms with Crippen LogP contribution in [0.15, 0.2) is 30.3 Å². The Hall–Kier alpha value is -1.90. The van der Waals surface area contributed by atoms with Gasteiger partial charge in [-0.15, -0.1) is 0 Å². The van der Waals surface area contributed by atoms with Crippen LogP contribution >= 0.6 is 0 Å². The molecular formula is C18H24N2O. The van der Waals surface area contributed by atoms with Crippen molar-refractivity contribution in [1.29, 1.82) is 0 Å². The van der Waals surface area contributed by atoms with E-state index in [0.29, 0.717) is 17.4 Å². The zero-order valence-electron chi connectivity index (χ0n) is 13.3. The van der Waals surface area contributed by atoms with Gasteiger partial charge in [-0.2, -0.15) is 0 Å². The second-order valence-corrected chi connectivity index (χ2v) is 6.40. The molecule has 0 unspecified atom stereocenters. The van der Waals surface area contributed by atoms with E-state index in [9.17, 15) is 4.79 Å². The number of para-hydroxylation sites is 1. The number of hydrogen-bond donors (Lipinski definition) is 0. The fourth-order valence-corrected chi connectivity index (χ4v) is 2.59. The van der Waals surface area contributed by atoms with Gasteiger partial charge in [0.15, 0.2) is 6.29 Å². The van der Waals surface area contributed by atoms with Crippen LogP contribution in [-0.4, -0.2) is 24.4 Å². The van der Waals surface area contributed by atoms with Gasteiger partial charge < -0.3 is 4.90 Å². The van der Waals surface area contributed by atoms with Crippen molar-refractivity contribution in [3.63, 3.8) is 0 Å². The molecule has 0 radical (unpaired) electrons. The highest BCUT2D eigenvalue weighted by Crippen LogP contribution is 2.24. The SMILES string of the molecule is CC(C)CN(CC(C)C)c1nc2ccccc2cc1C=O. The summed E-state index contributed by atoms with van der Waals surface area (Å²) >= 11 is 0. The molecule has 0 spiro atoms. The van der Waals surface area contributed by atoms with Gasteiger partial charge in [0.1, 0.15) is 5.82 Å². The molecule has 0 amide bonds. The van der Waals surface area contributed by atoms with E-state index in [0.717, 1.165) is 36.1 Å². The molecule has 0 saturated heterocycles. The summed E-state index contributed by atoms with van der Waals surface area (Å²) in [6.07, 6.45) is 0.919. The van der Waals surface area contributed by atoms with E-state index in [-0.39, 0.29) is 0 Å². The molecule has 112 valence electrons. The number of aldehydes is 1. The van der Waals surface area contributed by atoms with Crippen LogP contribution in [0.5, 0.6) is 0 Å². The lowest BCUT2D eigenvalue weighted by atomic mass is 10.1. The number of hydrogen-bond acceptors (Lipinski definition) is 3. The third kappa shape index (κ3) is 3.81. The number of rotatable bonds is 6. The molecule has 1 aromatic heterocycles. The molecule has 3 nitrogen and oxygen atoms in total. The minimum Gasteiger partial charge on any atom is -0.355 e. The smallest absolute Gasteiger partial charge is 0.153 e. The Morgan fingerprint density at radius 3 is 2.29 bits per heavy atom. The minimum atomic E-state index is 0.525. The average molecular weight is 284 g/mol. The summed E-state index contributed by atoms with van der Waals surface area (Å²) in [7, 11) is 0. The zero-order valence-corrected chi connectivity index (χ0v) is 13.3. The summed E-state index contributed by atoms with van der Waals surface area (Å²) in [4.78, 5) is 18.5. The highest BCUT2D eigenvalue weighted by molar-refractivity contribution is 5.91. The molecule has 0 aliphatic rings. The Bertz CT molecular complexity index is 610. The largest absolute Gasteiger partial charge is 0.355 e. The van der Waals surface area contributed by atoms with Crippen molar-refractivity contribution in [2.24, 2.45) is 11.8 Å². The second kappa shape index (κ2) is 6.70. The Morgan fingerprint density at radius 1 is 1.10 bits per heavy atom. The van der Waals surface area contributed by atoms with Crippen molar-refractivity contribution in [2.75, 3.05) is 18.0 Å². The second-order valence-electron chi connectivity index (χ2n) is 6.40. The maximum Gasteiger partial charge on any atom is 0.153 e. The molecule has 0 aliphatic heterocycles. The van der Waals surface area contributed by atoms with Crippen LogP contribution in [0.25, 0.3) is 10.9 Å². The van der Waals surface area contributed by atoms with Crippen LogP contribution in [0.4, 0.5) is 5.82 Å². The first-order valence-corrected chi connectivity index (χ1v) is 7.61. The standard InChI is InChI=1S/C18H24N2O/c1-13(2)10-20(11-14(3)4)18-16(12-21)9-15-7-5-6-8-17(15)19-18/h5-9,12-14H,10-11H2,1-4H3. The summed E-state index contributed by atoms with van der Waals surface area (Å²) in [6.45, 7) is 10.6. The zero-order chi connectivity index (χ0) is 15.4. The van der Waals surface area contributed by atoms with Gasteiger partial charge in [-0.1, -0.05) is 45.9 Å². The van der Waals surface area contributed by atoms with E-state index >= 15 is 0 Å².